The number of carbonyl (C=O) groups excluding carboxylic acids is 2. The van der Waals surface area contributed by atoms with E-state index < -0.39 is 17.0 Å². The van der Waals surface area contributed by atoms with Crippen molar-refractivity contribution in [1.29, 1.82) is 0 Å². The molecule has 0 radical (unpaired) electrons. The van der Waals surface area contributed by atoms with E-state index in [9.17, 15) is 19.7 Å². The molecule has 12 heteroatoms. The largest absolute Gasteiger partial charge is 0.508 e. The second-order valence-corrected chi connectivity index (χ2v) is 7.04. The van der Waals surface area contributed by atoms with Gasteiger partial charge in [-0.25, -0.2) is 9.78 Å². The Morgan fingerprint density at radius 1 is 1.28 bits per heavy atom. The molecule has 2 N–H and O–H groups in total. The van der Waals surface area contributed by atoms with E-state index in [1.165, 1.54) is 24.5 Å². The lowest BCUT2D eigenvalue weighted by Gasteiger charge is -2.31. The molecule has 170 valence electrons. The van der Waals surface area contributed by atoms with Gasteiger partial charge in [0.05, 0.1) is 11.5 Å². The number of primary amides is 1. The fraction of sp³-hybridized carbons (Fsp3) is 0.400. The minimum absolute atomic E-state index is 0.112. The first-order valence-electron chi connectivity index (χ1n) is 9.96. The smallest absolute Gasteiger partial charge is 0.435 e. The Morgan fingerprint density at radius 2 is 2.00 bits per heavy atom. The van der Waals surface area contributed by atoms with Gasteiger partial charge in [0.2, 0.25) is 11.7 Å². The fourth-order valence-electron chi connectivity index (χ4n) is 3.31. The lowest BCUT2D eigenvalue weighted by Crippen LogP contribution is -2.38. The van der Waals surface area contributed by atoms with E-state index in [4.69, 9.17) is 19.9 Å². The van der Waals surface area contributed by atoms with Gasteiger partial charge in [-0.05, 0) is 37.6 Å². The highest BCUT2D eigenvalue weighted by molar-refractivity contribution is 5.93. The maximum atomic E-state index is 11.9. The number of ether oxygens (including phenoxy) is 3. The highest BCUT2D eigenvalue weighted by atomic mass is 16.7. The minimum Gasteiger partial charge on any atom is -0.435 e. The number of aromatic nitrogens is 2. The van der Waals surface area contributed by atoms with Crippen LogP contribution in [0, 0.1) is 17.0 Å². The molecule has 1 saturated heterocycles. The van der Waals surface area contributed by atoms with E-state index in [-0.39, 0.29) is 30.1 Å². The lowest BCUT2D eigenvalue weighted by atomic mass is 10.1. The molecule has 3 rings (SSSR count). The molecule has 0 saturated carbocycles. The van der Waals surface area contributed by atoms with Crippen LogP contribution in [0.15, 0.2) is 24.5 Å². The van der Waals surface area contributed by atoms with Gasteiger partial charge in [-0.2, -0.15) is 4.98 Å². The van der Waals surface area contributed by atoms with Crippen LogP contribution in [0.3, 0.4) is 0 Å². The van der Waals surface area contributed by atoms with E-state index in [0.29, 0.717) is 42.8 Å². The molecular formula is C20H23N5O7. The summed E-state index contributed by atoms with van der Waals surface area (Å²) in [5.74, 6) is -0.407. The number of aryl methyl sites for hydroxylation is 1. The molecule has 2 aromatic rings. The number of piperidine rings is 1. The predicted molar refractivity (Wildman–Crippen MR) is 112 cm³/mol. The van der Waals surface area contributed by atoms with Crippen molar-refractivity contribution in [3.63, 3.8) is 0 Å². The molecule has 1 aromatic carbocycles. The molecule has 1 aromatic heterocycles. The van der Waals surface area contributed by atoms with Crippen LogP contribution in [0.25, 0.3) is 0 Å². The van der Waals surface area contributed by atoms with Crippen molar-refractivity contribution < 1.29 is 28.7 Å². The summed E-state index contributed by atoms with van der Waals surface area (Å²) in [5.41, 5.74) is 5.75. The van der Waals surface area contributed by atoms with E-state index in [0.717, 1.165) is 0 Å². The first kappa shape index (κ1) is 22.7. The maximum Gasteiger partial charge on any atom is 0.508 e. The van der Waals surface area contributed by atoms with Crippen molar-refractivity contribution in [2.75, 3.05) is 24.6 Å². The van der Waals surface area contributed by atoms with Gasteiger partial charge in [0.1, 0.15) is 18.2 Å². The predicted octanol–water partition coefficient (Wildman–Crippen LogP) is 2.73. The molecule has 32 heavy (non-hydrogen) atoms. The Labute approximate surface area is 183 Å². The topological polar surface area (TPSA) is 160 Å². The van der Waals surface area contributed by atoms with E-state index in [1.54, 1.807) is 18.7 Å². The van der Waals surface area contributed by atoms with E-state index in [1.807, 2.05) is 0 Å². The molecule has 1 fully saturated rings. The molecule has 0 aliphatic carbocycles. The molecule has 0 atom stereocenters. The minimum atomic E-state index is -0.729. The van der Waals surface area contributed by atoms with Crippen LogP contribution in [-0.2, 0) is 9.47 Å². The Bertz CT molecular complexity index is 1020. The van der Waals surface area contributed by atoms with Crippen molar-refractivity contribution in [3.8, 4) is 11.6 Å². The molecule has 0 unspecified atom stereocenters. The van der Waals surface area contributed by atoms with Crippen molar-refractivity contribution in [2.24, 2.45) is 5.73 Å². The summed E-state index contributed by atoms with van der Waals surface area (Å²) < 4.78 is 15.7. The number of nitro groups is 1. The van der Waals surface area contributed by atoms with Gasteiger partial charge in [-0.3, -0.25) is 14.9 Å². The number of carbonyl (C=O) groups is 2. The van der Waals surface area contributed by atoms with Crippen LogP contribution in [0.2, 0.25) is 0 Å². The number of hydrogen-bond acceptors (Lipinski definition) is 10. The van der Waals surface area contributed by atoms with Gasteiger partial charge in [-0.15, -0.1) is 0 Å². The first-order valence-corrected chi connectivity index (χ1v) is 9.96. The highest BCUT2D eigenvalue weighted by Gasteiger charge is 2.32. The molecule has 0 bridgehead atoms. The molecule has 1 aliphatic heterocycles. The average Bonchev–Trinajstić information content (AvgIpc) is 2.75. The van der Waals surface area contributed by atoms with Gasteiger partial charge >= 0.3 is 17.7 Å². The average molecular weight is 445 g/mol. The Balaban J connectivity index is 1.80. The Hall–Kier alpha value is -3.96. The van der Waals surface area contributed by atoms with E-state index in [2.05, 4.69) is 9.97 Å². The zero-order valence-corrected chi connectivity index (χ0v) is 17.6. The Morgan fingerprint density at radius 3 is 2.59 bits per heavy atom. The highest BCUT2D eigenvalue weighted by Crippen LogP contribution is 2.38. The normalized spacial score (nSPS) is 14.0. The number of nitrogens with zero attached hydrogens (tertiary/aromatic N) is 4. The zero-order valence-electron chi connectivity index (χ0n) is 17.6. The lowest BCUT2D eigenvalue weighted by molar-refractivity contribution is -0.385. The van der Waals surface area contributed by atoms with Gasteiger partial charge in [0, 0.05) is 31.5 Å². The fourth-order valence-corrected chi connectivity index (χ4v) is 3.31. The summed E-state index contributed by atoms with van der Waals surface area (Å²) in [6.45, 7) is 4.36. The quantitative estimate of drug-likeness (QED) is 0.381. The second-order valence-electron chi connectivity index (χ2n) is 7.04. The second kappa shape index (κ2) is 9.90. The summed E-state index contributed by atoms with van der Waals surface area (Å²) >= 11 is 0. The molecule has 1 amide bonds. The van der Waals surface area contributed by atoms with E-state index >= 15 is 0 Å². The van der Waals surface area contributed by atoms with Gasteiger partial charge in [0.25, 0.3) is 0 Å². The third kappa shape index (κ3) is 5.20. The number of rotatable bonds is 7. The number of benzene rings is 1. The molecule has 0 spiro atoms. The zero-order chi connectivity index (χ0) is 23.3. The van der Waals surface area contributed by atoms with Crippen molar-refractivity contribution >= 4 is 23.6 Å². The van der Waals surface area contributed by atoms with Crippen LogP contribution in [0.1, 0.15) is 35.7 Å². The van der Waals surface area contributed by atoms with Gasteiger partial charge in [0.15, 0.2) is 0 Å². The first-order chi connectivity index (χ1) is 15.3. The summed E-state index contributed by atoms with van der Waals surface area (Å²) in [4.78, 5) is 43.9. The van der Waals surface area contributed by atoms with Crippen LogP contribution in [-0.4, -0.2) is 52.8 Å². The van der Waals surface area contributed by atoms with Crippen LogP contribution < -0.4 is 15.4 Å². The van der Waals surface area contributed by atoms with Crippen molar-refractivity contribution in [3.05, 3.63) is 45.8 Å². The molecule has 12 nitrogen and oxygen atoms in total. The number of hydrogen-bond donors (Lipinski definition) is 1. The molecular weight excluding hydrogens is 422 g/mol. The summed E-state index contributed by atoms with van der Waals surface area (Å²) in [5, 5.41) is 11.9. The number of amides is 1. The summed E-state index contributed by atoms with van der Waals surface area (Å²) in [6, 6.07) is 4.49. The Kier molecular flexibility index (Phi) is 7.03. The SMILES string of the molecule is CCOC(=O)OC1CCN(c2ncnc(Oc3ccc(C(N)=O)cc3C)c2[N+](=O)[O-])CC1. The standard InChI is InChI=1S/C20H23N5O7/c1-3-30-20(27)31-14-6-8-24(9-7-14)18-16(25(28)29)19(23-11-22-18)32-15-5-4-13(17(21)26)10-12(15)2/h4-5,10-11,14H,3,6-9H2,1-2H3,(H2,21,26). The molecule has 2 heterocycles. The van der Waals surface area contributed by atoms with Crippen molar-refractivity contribution in [1.82, 2.24) is 9.97 Å². The summed E-state index contributed by atoms with van der Waals surface area (Å²) in [6.07, 6.45) is 1.04. The number of anilines is 1. The van der Waals surface area contributed by atoms with Crippen LogP contribution in [0.4, 0.5) is 16.3 Å². The van der Waals surface area contributed by atoms with Gasteiger partial charge in [-0.1, -0.05) is 0 Å². The van der Waals surface area contributed by atoms with Crippen molar-refractivity contribution in [2.45, 2.75) is 32.8 Å². The maximum absolute atomic E-state index is 11.9. The van der Waals surface area contributed by atoms with Crippen LogP contribution >= 0.6 is 0 Å². The van der Waals surface area contributed by atoms with Crippen LogP contribution in [0.5, 0.6) is 11.6 Å². The van der Waals surface area contributed by atoms with Gasteiger partial charge < -0.3 is 24.8 Å². The number of nitrogens with two attached hydrogens (primary N) is 1. The summed E-state index contributed by atoms with van der Waals surface area (Å²) in [7, 11) is 0. The third-order valence-corrected chi connectivity index (χ3v) is 4.88. The third-order valence-electron chi connectivity index (χ3n) is 4.88. The molecule has 1 aliphatic rings. The monoisotopic (exact) mass is 445 g/mol.